The number of alkyl halides is 7. The lowest BCUT2D eigenvalue weighted by Gasteiger charge is -2.37. The van der Waals surface area contributed by atoms with Crippen molar-refractivity contribution in [1.82, 2.24) is 5.32 Å². The van der Waals surface area contributed by atoms with E-state index in [4.69, 9.17) is 4.74 Å². The Morgan fingerprint density at radius 1 is 0.833 bits per heavy atom. The van der Waals surface area contributed by atoms with Crippen molar-refractivity contribution in [2.75, 3.05) is 31.2 Å². The summed E-state index contributed by atoms with van der Waals surface area (Å²) in [6.45, 7) is 2.16. The van der Waals surface area contributed by atoms with Gasteiger partial charge >= 0.3 is 18.7 Å². The Morgan fingerprint density at radius 2 is 1.50 bits per heavy atom. The largest absolute Gasteiger partial charge is 0.461 e. The van der Waals surface area contributed by atoms with Gasteiger partial charge in [-0.25, -0.2) is 8.78 Å². The second-order valence-corrected chi connectivity index (χ2v) is 11.0. The maximum absolute atomic E-state index is 15.1. The normalized spacial score (nSPS) is 15.2. The number of anilines is 1. The highest BCUT2D eigenvalue weighted by Crippen LogP contribution is 2.41. The van der Waals surface area contributed by atoms with Gasteiger partial charge in [0.2, 0.25) is 0 Å². The highest BCUT2D eigenvalue weighted by Gasteiger charge is 2.45. The van der Waals surface area contributed by atoms with Crippen molar-refractivity contribution in [3.05, 3.63) is 130 Å². The average molecular weight is 683 g/mol. The molecule has 1 aliphatic rings. The second kappa shape index (κ2) is 13.8. The van der Waals surface area contributed by atoms with Crippen LogP contribution in [-0.2, 0) is 22.9 Å². The summed E-state index contributed by atoms with van der Waals surface area (Å²) in [7, 11) is 0. The first-order valence-electron chi connectivity index (χ1n) is 14.5. The molecule has 4 aromatic rings. The molecule has 48 heavy (non-hydrogen) atoms. The predicted molar refractivity (Wildman–Crippen MR) is 157 cm³/mol. The topological polar surface area (TPSA) is 50.8 Å². The van der Waals surface area contributed by atoms with Crippen molar-refractivity contribution >= 4 is 11.6 Å². The van der Waals surface area contributed by atoms with Gasteiger partial charge in [0.05, 0.1) is 24.3 Å². The zero-order valence-corrected chi connectivity index (χ0v) is 24.8. The van der Waals surface area contributed by atoms with Crippen LogP contribution >= 0.6 is 0 Å². The molecule has 14 heteroatoms. The van der Waals surface area contributed by atoms with Crippen molar-refractivity contribution < 1.29 is 53.8 Å². The van der Waals surface area contributed by atoms with Gasteiger partial charge in [0, 0.05) is 36.8 Å². The lowest BCUT2D eigenvalue weighted by atomic mass is 9.77. The number of ether oxygens (including phenoxy) is 2. The van der Waals surface area contributed by atoms with E-state index in [0.29, 0.717) is 56.1 Å². The van der Waals surface area contributed by atoms with Gasteiger partial charge in [0.1, 0.15) is 17.4 Å². The van der Waals surface area contributed by atoms with Gasteiger partial charge in [0.25, 0.3) is 5.91 Å². The molecule has 4 aromatic carbocycles. The Labute approximate surface area is 268 Å². The van der Waals surface area contributed by atoms with Gasteiger partial charge < -0.3 is 19.7 Å². The number of hydrogen-bond acceptors (Lipinski definition) is 4. The standard InChI is InChI=1S/C34H27F9N2O3/c35-25-16-24(17-27(19-25)48-34(42,43)31(37)38)32(20-21-4-2-1-3-5-21,23-8-11-29(36)28(18-23)33(39,40)41)44-30(46)22-6-9-26(10-7-22)45-12-14-47-15-13-45/h1-11,16-19,31H,12-15,20H2,(H,44,46). The molecule has 1 saturated heterocycles. The number of amides is 1. The summed E-state index contributed by atoms with van der Waals surface area (Å²) >= 11 is 0. The Kier molecular flexibility index (Phi) is 9.94. The number of carbonyl (C=O) groups excluding carboxylic acids is 1. The smallest absolute Gasteiger partial charge is 0.428 e. The van der Waals surface area contributed by atoms with Crippen LogP contribution in [0.4, 0.5) is 45.2 Å². The van der Waals surface area contributed by atoms with E-state index in [-0.39, 0.29) is 5.56 Å². The molecule has 1 heterocycles. The molecule has 1 aliphatic heterocycles. The highest BCUT2D eigenvalue weighted by molar-refractivity contribution is 5.95. The van der Waals surface area contributed by atoms with Crippen molar-refractivity contribution in [1.29, 1.82) is 0 Å². The molecule has 0 radical (unpaired) electrons. The molecule has 0 aliphatic carbocycles. The Morgan fingerprint density at radius 3 is 2.12 bits per heavy atom. The van der Waals surface area contributed by atoms with Crippen LogP contribution in [0.5, 0.6) is 5.75 Å². The molecule has 5 nitrogen and oxygen atoms in total. The molecule has 254 valence electrons. The third kappa shape index (κ3) is 7.70. The highest BCUT2D eigenvalue weighted by atomic mass is 19.4. The van der Waals surface area contributed by atoms with E-state index in [9.17, 15) is 39.9 Å². The zero-order valence-electron chi connectivity index (χ0n) is 24.8. The van der Waals surface area contributed by atoms with Crippen LogP contribution in [0.15, 0.2) is 91.0 Å². The van der Waals surface area contributed by atoms with Crippen LogP contribution in [0.1, 0.15) is 32.6 Å². The van der Waals surface area contributed by atoms with Crippen molar-refractivity contribution in [3.63, 3.8) is 0 Å². The van der Waals surface area contributed by atoms with E-state index in [2.05, 4.69) is 10.1 Å². The molecule has 0 spiro atoms. The summed E-state index contributed by atoms with van der Waals surface area (Å²) in [4.78, 5) is 15.9. The monoisotopic (exact) mass is 682 g/mol. The minimum Gasteiger partial charge on any atom is -0.428 e. The van der Waals surface area contributed by atoms with Gasteiger partial charge in [-0.2, -0.15) is 30.7 Å². The Bertz CT molecular complexity index is 1730. The predicted octanol–water partition coefficient (Wildman–Crippen LogP) is 7.97. The molecule has 0 saturated carbocycles. The molecule has 1 atom stereocenters. The van der Waals surface area contributed by atoms with E-state index in [0.717, 1.165) is 17.8 Å². The van der Waals surface area contributed by atoms with E-state index in [1.54, 1.807) is 30.3 Å². The van der Waals surface area contributed by atoms with Gasteiger partial charge in [0.15, 0.2) is 0 Å². The maximum atomic E-state index is 15.1. The first-order valence-corrected chi connectivity index (χ1v) is 14.5. The summed E-state index contributed by atoms with van der Waals surface area (Å²) in [5.41, 5.74) is -3.71. The van der Waals surface area contributed by atoms with E-state index in [1.165, 1.54) is 24.3 Å². The van der Waals surface area contributed by atoms with Crippen molar-refractivity contribution in [2.45, 2.75) is 30.7 Å². The van der Waals surface area contributed by atoms with Crippen LogP contribution in [-0.4, -0.2) is 44.7 Å². The second-order valence-electron chi connectivity index (χ2n) is 11.0. The molecular weight excluding hydrogens is 655 g/mol. The SMILES string of the molecule is O=C(NC(Cc1ccccc1)(c1cc(F)cc(OC(F)(F)C(F)F)c1)c1ccc(F)c(C(F)(F)F)c1)c1ccc(N2CCOCC2)cc1. The van der Waals surface area contributed by atoms with Crippen LogP contribution in [0.2, 0.25) is 0 Å². The van der Waals surface area contributed by atoms with Crippen LogP contribution in [0.3, 0.4) is 0 Å². The zero-order chi connectivity index (χ0) is 34.7. The molecule has 5 rings (SSSR count). The third-order valence-corrected chi connectivity index (χ3v) is 7.78. The number of nitrogens with zero attached hydrogens (tertiary/aromatic N) is 1. The van der Waals surface area contributed by atoms with E-state index >= 15 is 4.39 Å². The van der Waals surface area contributed by atoms with Crippen molar-refractivity contribution in [3.8, 4) is 5.75 Å². The number of benzene rings is 4. The maximum Gasteiger partial charge on any atom is 0.461 e. The Hall–Kier alpha value is -4.72. The summed E-state index contributed by atoms with van der Waals surface area (Å²) < 4.78 is 135. The molecule has 0 aromatic heterocycles. The fourth-order valence-electron chi connectivity index (χ4n) is 5.45. The number of morpholine rings is 1. The fourth-order valence-corrected chi connectivity index (χ4v) is 5.45. The average Bonchev–Trinajstić information content (AvgIpc) is 3.04. The van der Waals surface area contributed by atoms with Gasteiger partial charge in [-0.1, -0.05) is 36.4 Å². The van der Waals surface area contributed by atoms with Crippen LogP contribution in [0.25, 0.3) is 0 Å². The Balaban J connectivity index is 1.69. The van der Waals surface area contributed by atoms with Crippen LogP contribution < -0.4 is 15.0 Å². The first-order chi connectivity index (χ1) is 22.7. The summed E-state index contributed by atoms with van der Waals surface area (Å²) in [5, 5.41) is 2.64. The molecule has 1 N–H and O–H groups in total. The van der Waals surface area contributed by atoms with Gasteiger partial charge in [-0.15, -0.1) is 0 Å². The minimum atomic E-state index is -5.21. The number of halogens is 9. The quantitative estimate of drug-likeness (QED) is 0.173. The summed E-state index contributed by atoms with van der Waals surface area (Å²) in [5.74, 6) is -4.94. The van der Waals surface area contributed by atoms with Gasteiger partial charge in [-0.3, -0.25) is 4.79 Å². The molecular formula is C34H27F9N2O3. The number of nitrogens with one attached hydrogen (secondary N) is 1. The van der Waals surface area contributed by atoms with Gasteiger partial charge in [-0.05, 0) is 65.2 Å². The fraction of sp³-hybridized carbons (Fsp3) is 0.265. The molecule has 0 bridgehead atoms. The van der Waals surface area contributed by atoms with E-state index < -0.39 is 70.7 Å². The number of hydrogen-bond donors (Lipinski definition) is 1. The lowest BCUT2D eigenvalue weighted by molar-refractivity contribution is -0.253. The third-order valence-electron chi connectivity index (χ3n) is 7.78. The number of carbonyl (C=O) groups is 1. The summed E-state index contributed by atoms with van der Waals surface area (Å²) in [6, 6.07) is 17.7. The molecule has 1 fully saturated rings. The lowest BCUT2D eigenvalue weighted by Crippen LogP contribution is -2.49. The summed E-state index contributed by atoms with van der Waals surface area (Å²) in [6.07, 6.45) is -15.0. The van der Waals surface area contributed by atoms with Crippen molar-refractivity contribution in [2.24, 2.45) is 0 Å². The molecule has 1 amide bonds. The minimum absolute atomic E-state index is 0.0136. The van der Waals surface area contributed by atoms with Crippen LogP contribution in [0, 0.1) is 11.6 Å². The molecule has 1 unspecified atom stereocenters. The number of rotatable bonds is 10. The van der Waals surface area contributed by atoms with E-state index in [1.807, 2.05) is 4.90 Å². The first kappa shape index (κ1) is 34.6.